The molecule has 0 saturated carbocycles. The summed E-state index contributed by atoms with van der Waals surface area (Å²) in [6.45, 7) is 1.01. The predicted octanol–water partition coefficient (Wildman–Crippen LogP) is 3.16. The Labute approximate surface area is 168 Å². The molecule has 0 aliphatic carbocycles. The number of benzene rings is 2. The number of halogens is 1. The molecule has 0 aliphatic rings. The lowest BCUT2D eigenvalue weighted by Gasteiger charge is -2.18. The molecule has 1 N–H and O–H groups in total. The van der Waals surface area contributed by atoms with Crippen molar-refractivity contribution < 1.29 is 28.5 Å². The Morgan fingerprint density at radius 1 is 1.04 bits per heavy atom. The van der Waals surface area contributed by atoms with Gasteiger partial charge in [-0.3, -0.25) is 4.79 Å². The van der Waals surface area contributed by atoms with Crippen LogP contribution in [0.15, 0.2) is 42.5 Å². The second-order valence-corrected chi connectivity index (χ2v) is 6.18. The number of para-hydroxylation sites is 1. The molecule has 2 aromatic carbocycles. The molecule has 0 bridgehead atoms. The normalized spacial score (nSPS) is 11.3. The number of rotatable bonds is 9. The molecule has 0 radical (unpaired) electrons. The van der Waals surface area contributed by atoms with Gasteiger partial charge in [0.15, 0.2) is 13.2 Å². The van der Waals surface area contributed by atoms with Crippen LogP contribution in [-0.4, -0.2) is 39.3 Å². The number of carbonyl (C=O) groups excluding carboxylic acids is 2. The summed E-state index contributed by atoms with van der Waals surface area (Å²) in [5.41, 5.74) is 0.739. The average molecular weight is 408 g/mol. The molecule has 0 aromatic heterocycles. The maximum absolute atomic E-state index is 12.1. The molecule has 1 amide bonds. The third kappa shape index (κ3) is 6.06. The highest BCUT2D eigenvalue weighted by Crippen LogP contribution is 2.29. The molecule has 0 unspecified atom stereocenters. The lowest BCUT2D eigenvalue weighted by Crippen LogP contribution is -2.32. The number of esters is 1. The van der Waals surface area contributed by atoms with Gasteiger partial charge in [0, 0.05) is 5.56 Å². The van der Waals surface area contributed by atoms with Gasteiger partial charge < -0.3 is 24.3 Å². The SMILES string of the molecule is COc1ccc(OC)c([C@H](C)NC(=O)COC(=O)COc2ccccc2Cl)c1. The van der Waals surface area contributed by atoms with Crippen LogP contribution >= 0.6 is 11.6 Å². The fourth-order valence-electron chi connectivity index (χ4n) is 2.42. The van der Waals surface area contributed by atoms with Gasteiger partial charge in [0.05, 0.1) is 25.3 Å². The molecule has 28 heavy (non-hydrogen) atoms. The summed E-state index contributed by atoms with van der Waals surface area (Å²) in [7, 11) is 3.10. The molecule has 1 atom stereocenters. The lowest BCUT2D eigenvalue weighted by atomic mass is 10.1. The van der Waals surface area contributed by atoms with Crippen molar-refractivity contribution >= 4 is 23.5 Å². The number of ether oxygens (including phenoxy) is 4. The zero-order chi connectivity index (χ0) is 20.5. The highest BCUT2D eigenvalue weighted by molar-refractivity contribution is 6.32. The maximum atomic E-state index is 12.1. The molecule has 8 heteroatoms. The smallest absolute Gasteiger partial charge is 0.344 e. The standard InChI is InChI=1S/C20H22ClNO6/c1-13(15-10-14(25-2)8-9-17(15)26-3)22-19(23)11-28-20(24)12-27-18-7-5-4-6-16(18)21/h4-10,13H,11-12H2,1-3H3,(H,22,23)/t13-/m0/s1. The Morgan fingerprint density at radius 3 is 2.46 bits per heavy atom. The van der Waals surface area contributed by atoms with Gasteiger partial charge in [0.25, 0.3) is 5.91 Å². The number of nitrogens with one attached hydrogen (secondary N) is 1. The zero-order valence-electron chi connectivity index (χ0n) is 15.9. The van der Waals surface area contributed by atoms with E-state index < -0.39 is 18.5 Å². The van der Waals surface area contributed by atoms with Crippen molar-refractivity contribution in [3.05, 3.63) is 53.1 Å². The fourth-order valence-corrected chi connectivity index (χ4v) is 2.62. The molecule has 0 heterocycles. The first-order valence-corrected chi connectivity index (χ1v) is 8.86. The Balaban J connectivity index is 1.83. The quantitative estimate of drug-likeness (QED) is 0.643. The van der Waals surface area contributed by atoms with Crippen molar-refractivity contribution in [1.29, 1.82) is 0 Å². The van der Waals surface area contributed by atoms with Crippen LogP contribution in [0.5, 0.6) is 17.2 Å². The van der Waals surface area contributed by atoms with Gasteiger partial charge in [-0.2, -0.15) is 0 Å². The van der Waals surface area contributed by atoms with Gasteiger partial charge in [0.1, 0.15) is 17.2 Å². The van der Waals surface area contributed by atoms with Gasteiger partial charge in [-0.1, -0.05) is 23.7 Å². The topological polar surface area (TPSA) is 83.1 Å². The van der Waals surface area contributed by atoms with Crippen LogP contribution in [0.1, 0.15) is 18.5 Å². The van der Waals surface area contributed by atoms with Crippen LogP contribution in [0.25, 0.3) is 0 Å². The average Bonchev–Trinajstić information content (AvgIpc) is 2.71. The largest absolute Gasteiger partial charge is 0.497 e. The molecule has 0 spiro atoms. The van der Waals surface area contributed by atoms with E-state index in [1.54, 1.807) is 63.6 Å². The molecular formula is C20H22ClNO6. The number of methoxy groups -OCH3 is 2. The van der Waals surface area contributed by atoms with Crippen molar-refractivity contribution in [3.63, 3.8) is 0 Å². The van der Waals surface area contributed by atoms with Gasteiger partial charge in [-0.15, -0.1) is 0 Å². The minimum atomic E-state index is -0.679. The molecule has 2 aromatic rings. The van der Waals surface area contributed by atoms with Crippen LogP contribution in [0.3, 0.4) is 0 Å². The monoisotopic (exact) mass is 407 g/mol. The van der Waals surface area contributed by atoms with E-state index in [0.29, 0.717) is 22.3 Å². The molecule has 7 nitrogen and oxygen atoms in total. The van der Waals surface area contributed by atoms with E-state index >= 15 is 0 Å². The van der Waals surface area contributed by atoms with Gasteiger partial charge in [-0.05, 0) is 37.3 Å². The van der Waals surface area contributed by atoms with Crippen molar-refractivity contribution in [2.45, 2.75) is 13.0 Å². The number of amides is 1. The molecule has 150 valence electrons. The second kappa shape index (κ2) is 10.4. The Bertz CT molecular complexity index is 826. The van der Waals surface area contributed by atoms with E-state index in [4.69, 9.17) is 30.5 Å². The Kier molecular flexibility index (Phi) is 7.95. The summed E-state index contributed by atoms with van der Waals surface area (Å²) in [4.78, 5) is 23.9. The highest BCUT2D eigenvalue weighted by Gasteiger charge is 2.16. The molecule has 0 saturated heterocycles. The predicted molar refractivity (Wildman–Crippen MR) is 104 cm³/mol. The molecule has 0 aliphatic heterocycles. The summed E-state index contributed by atoms with van der Waals surface area (Å²) in [5, 5.41) is 3.13. The number of hydrogen-bond donors (Lipinski definition) is 1. The third-order valence-electron chi connectivity index (χ3n) is 3.83. The second-order valence-electron chi connectivity index (χ2n) is 5.78. The first kappa shape index (κ1) is 21.4. The lowest BCUT2D eigenvalue weighted by molar-refractivity contribution is -0.150. The van der Waals surface area contributed by atoms with E-state index in [9.17, 15) is 9.59 Å². The van der Waals surface area contributed by atoms with Crippen LogP contribution in [0, 0.1) is 0 Å². The van der Waals surface area contributed by atoms with E-state index in [-0.39, 0.29) is 12.6 Å². The number of hydrogen-bond acceptors (Lipinski definition) is 6. The summed E-state index contributed by atoms with van der Waals surface area (Å²) in [6.07, 6.45) is 0. The van der Waals surface area contributed by atoms with Crippen LogP contribution < -0.4 is 19.5 Å². The maximum Gasteiger partial charge on any atom is 0.344 e. The van der Waals surface area contributed by atoms with E-state index in [1.807, 2.05) is 0 Å². The van der Waals surface area contributed by atoms with E-state index in [1.165, 1.54) is 0 Å². The van der Waals surface area contributed by atoms with Gasteiger partial charge in [0.2, 0.25) is 0 Å². The van der Waals surface area contributed by atoms with Crippen molar-refractivity contribution in [1.82, 2.24) is 5.32 Å². The van der Waals surface area contributed by atoms with E-state index in [2.05, 4.69) is 5.32 Å². The van der Waals surface area contributed by atoms with Crippen molar-refractivity contribution in [2.75, 3.05) is 27.4 Å². The molecular weight excluding hydrogens is 386 g/mol. The number of carbonyl (C=O) groups is 2. The highest BCUT2D eigenvalue weighted by atomic mass is 35.5. The first-order chi connectivity index (χ1) is 13.4. The third-order valence-corrected chi connectivity index (χ3v) is 4.14. The molecule has 0 fully saturated rings. The Morgan fingerprint density at radius 2 is 1.79 bits per heavy atom. The van der Waals surface area contributed by atoms with E-state index in [0.717, 1.165) is 5.56 Å². The first-order valence-electron chi connectivity index (χ1n) is 8.48. The minimum absolute atomic E-state index is 0.351. The molecule has 2 rings (SSSR count). The summed E-state index contributed by atoms with van der Waals surface area (Å²) < 4.78 is 20.7. The van der Waals surface area contributed by atoms with Gasteiger partial charge in [-0.25, -0.2) is 4.79 Å². The summed E-state index contributed by atoms with van der Waals surface area (Å²) in [6, 6.07) is 11.7. The van der Waals surface area contributed by atoms with Gasteiger partial charge >= 0.3 is 5.97 Å². The van der Waals surface area contributed by atoms with Crippen molar-refractivity contribution in [3.8, 4) is 17.2 Å². The van der Waals surface area contributed by atoms with Crippen molar-refractivity contribution in [2.24, 2.45) is 0 Å². The van der Waals surface area contributed by atoms with Crippen LogP contribution in [0.2, 0.25) is 5.02 Å². The van der Waals surface area contributed by atoms with Crippen LogP contribution in [0.4, 0.5) is 0 Å². The zero-order valence-corrected chi connectivity index (χ0v) is 16.6. The minimum Gasteiger partial charge on any atom is -0.497 e. The Hall–Kier alpha value is -2.93. The van der Waals surface area contributed by atoms with Crippen LogP contribution in [-0.2, 0) is 14.3 Å². The summed E-state index contributed by atoms with van der Waals surface area (Å²) >= 11 is 5.94. The fraction of sp³-hybridized carbons (Fsp3) is 0.300. The summed E-state index contributed by atoms with van der Waals surface area (Å²) in [5.74, 6) is 0.480.